The molecule has 0 aliphatic rings. The van der Waals surface area contributed by atoms with Crippen LogP contribution in [0.5, 0.6) is 11.5 Å². The average Bonchev–Trinajstić information content (AvgIpc) is 3.20. The van der Waals surface area contributed by atoms with Crippen molar-refractivity contribution in [3.05, 3.63) is 57.4 Å². The minimum absolute atomic E-state index is 0.157. The van der Waals surface area contributed by atoms with Crippen LogP contribution in [0, 0.1) is 0 Å². The zero-order chi connectivity index (χ0) is 21.0. The SMILES string of the molecule is CCCN(C(=O)c1ccc(OC)c(OC)c1)c1nc(-c2ccc(Cl)cc2Cl)cs1. The third-order valence-electron chi connectivity index (χ3n) is 4.25. The molecule has 0 bridgehead atoms. The quantitative estimate of drug-likeness (QED) is 0.430. The monoisotopic (exact) mass is 450 g/mol. The van der Waals surface area contributed by atoms with Crippen LogP contribution in [0.4, 0.5) is 5.13 Å². The number of carbonyl (C=O) groups excluding carboxylic acids is 1. The van der Waals surface area contributed by atoms with Crippen LogP contribution in [-0.4, -0.2) is 31.7 Å². The van der Waals surface area contributed by atoms with Gasteiger partial charge in [0, 0.05) is 28.1 Å². The second-order valence-electron chi connectivity index (χ2n) is 6.17. The van der Waals surface area contributed by atoms with E-state index in [1.807, 2.05) is 18.4 Å². The number of benzene rings is 2. The molecule has 29 heavy (non-hydrogen) atoms. The highest BCUT2D eigenvalue weighted by Gasteiger charge is 2.22. The first kappa shape index (κ1) is 21.4. The number of aromatic nitrogens is 1. The Balaban J connectivity index is 1.94. The molecule has 0 unspecified atom stereocenters. The van der Waals surface area contributed by atoms with Crippen molar-refractivity contribution in [2.75, 3.05) is 25.7 Å². The van der Waals surface area contributed by atoms with Gasteiger partial charge in [0.2, 0.25) is 0 Å². The first-order valence-electron chi connectivity index (χ1n) is 8.93. The van der Waals surface area contributed by atoms with Crippen molar-refractivity contribution in [3.8, 4) is 22.8 Å². The topological polar surface area (TPSA) is 51.7 Å². The lowest BCUT2D eigenvalue weighted by Crippen LogP contribution is -2.31. The highest BCUT2D eigenvalue weighted by atomic mass is 35.5. The summed E-state index contributed by atoms with van der Waals surface area (Å²) in [5.41, 5.74) is 1.97. The molecule has 5 nitrogen and oxygen atoms in total. The van der Waals surface area contributed by atoms with E-state index in [-0.39, 0.29) is 5.91 Å². The van der Waals surface area contributed by atoms with E-state index >= 15 is 0 Å². The molecule has 0 radical (unpaired) electrons. The van der Waals surface area contributed by atoms with Crippen molar-refractivity contribution in [1.82, 2.24) is 4.98 Å². The van der Waals surface area contributed by atoms with Gasteiger partial charge in [-0.05, 0) is 42.8 Å². The van der Waals surface area contributed by atoms with Crippen molar-refractivity contribution in [2.45, 2.75) is 13.3 Å². The van der Waals surface area contributed by atoms with Gasteiger partial charge in [-0.1, -0.05) is 30.1 Å². The molecule has 0 spiro atoms. The van der Waals surface area contributed by atoms with Gasteiger partial charge in [-0.3, -0.25) is 9.69 Å². The van der Waals surface area contributed by atoms with Crippen LogP contribution in [-0.2, 0) is 0 Å². The Bertz CT molecular complexity index is 1020. The Morgan fingerprint density at radius 2 is 1.86 bits per heavy atom. The lowest BCUT2D eigenvalue weighted by Gasteiger charge is -2.20. The molecule has 3 rings (SSSR count). The third kappa shape index (κ3) is 4.66. The van der Waals surface area contributed by atoms with Crippen LogP contribution in [0.3, 0.4) is 0 Å². The van der Waals surface area contributed by atoms with Gasteiger partial charge in [-0.15, -0.1) is 11.3 Å². The van der Waals surface area contributed by atoms with Crippen molar-refractivity contribution < 1.29 is 14.3 Å². The predicted octanol–water partition coefficient (Wildman–Crippen LogP) is 6.19. The molecule has 3 aromatic rings. The van der Waals surface area contributed by atoms with Crippen LogP contribution >= 0.6 is 34.5 Å². The highest BCUT2D eigenvalue weighted by molar-refractivity contribution is 7.14. The second-order valence-corrected chi connectivity index (χ2v) is 7.85. The molecule has 152 valence electrons. The van der Waals surface area contributed by atoms with E-state index in [0.717, 1.165) is 12.0 Å². The fourth-order valence-electron chi connectivity index (χ4n) is 2.84. The maximum Gasteiger partial charge on any atom is 0.260 e. The molecular formula is C21H20Cl2N2O3S. The van der Waals surface area contributed by atoms with E-state index in [0.29, 0.717) is 44.5 Å². The summed E-state index contributed by atoms with van der Waals surface area (Å²) in [6, 6.07) is 10.4. The summed E-state index contributed by atoms with van der Waals surface area (Å²) in [6.07, 6.45) is 0.787. The largest absolute Gasteiger partial charge is 0.493 e. The van der Waals surface area contributed by atoms with Gasteiger partial charge in [0.15, 0.2) is 16.6 Å². The summed E-state index contributed by atoms with van der Waals surface area (Å²) >= 11 is 13.7. The molecule has 1 amide bonds. The molecule has 0 aliphatic carbocycles. The zero-order valence-corrected chi connectivity index (χ0v) is 18.6. The Morgan fingerprint density at radius 3 is 2.52 bits per heavy atom. The van der Waals surface area contributed by atoms with E-state index in [1.54, 1.807) is 49.5 Å². The molecule has 1 aromatic heterocycles. The van der Waals surface area contributed by atoms with Gasteiger partial charge in [0.1, 0.15) is 0 Å². The van der Waals surface area contributed by atoms with Gasteiger partial charge in [-0.25, -0.2) is 4.98 Å². The summed E-state index contributed by atoms with van der Waals surface area (Å²) in [5, 5.41) is 3.57. The number of nitrogens with zero attached hydrogens (tertiary/aromatic N) is 2. The van der Waals surface area contributed by atoms with E-state index in [1.165, 1.54) is 11.3 Å². The number of hydrogen-bond acceptors (Lipinski definition) is 5. The number of thiazole rings is 1. The summed E-state index contributed by atoms with van der Waals surface area (Å²) in [7, 11) is 3.10. The Labute approximate surface area is 183 Å². The second kappa shape index (κ2) is 9.48. The summed E-state index contributed by atoms with van der Waals surface area (Å²) in [6.45, 7) is 2.55. The first-order valence-corrected chi connectivity index (χ1v) is 10.6. The summed E-state index contributed by atoms with van der Waals surface area (Å²) < 4.78 is 10.6. The highest BCUT2D eigenvalue weighted by Crippen LogP contribution is 2.34. The summed E-state index contributed by atoms with van der Waals surface area (Å²) in [4.78, 5) is 19.5. The molecule has 0 atom stereocenters. The Kier molecular flexibility index (Phi) is 7.00. The Hall–Kier alpha value is -2.28. The maximum atomic E-state index is 13.2. The minimum atomic E-state index is -0.157. The van der Waals surface area contributed by atoms with Crippen LogP contribution in [0.25, 0.3) is 11.3 Å². The molecule has 8 heteroatoms. The molecule has 0 saturated heterocycles. The number of hydrogen-bond donors (Lipinski definition) is 0. The molecule has 2 aromatic carbocycles. The van der Waals surface area contributed by atoms with Crippen molar-refractivity contribution in [3.63, 3.8) is 0 Å². The first-order chi connectivity index (χ1) is 14.0. The van der Waals surface area contributed by atoms with E-state index < -0.39 is 0 Å². The normalized spacial score (nSPS) is 10.7. The zero-order valence-electron chi connectivity index (χ0n) is 16.2. The fourth-order valence-corrected chi connectivity index (χ4v) is 4.20. The van der Waals surface area contributed by atoms with Gasteiger partial charge in [0.05, 0.1) is 24.9 Å². The van der Waals surface area contributed by atoms with Crippen molar-refractivity contribution in [1.29, 1.82) is 0 Å². The van der Waals surface area contributed by atoms with Crippen LogP contribution in [0.2, 0.25) is 10.0 Å². The van der Waals surface area contributed by atoms with Gasteiger partial charge in [0.25, 0.3) is 5.91 Å². The van der Waals surface area contributed by atoms with Crippen LogP contribution < -0.4 is 14.4 Å². The average molecular weight is 451 g/mol. The maximum absolute atomic E-state index is 13.2. The number of methoxy groups -OCH3 is 2. The fraction of sp³-hybridized carbons (Fsp3) is 0.238. The molecule has 0 N–H and O–H groups in total. The van der Waals surface area contributed by atoms with E-state index in [2.05, 4.69) is 4.98 Å². The van der Waals surface area contributed by atoms with Crippen LogP contribution in [0.15, 0.2) is 41.8 Å². The predicted molar refractivity (Wildman–Crippen MR) is 119 cm³/mol. The number of halogens is 2. The van der Waals surface area contributed by atoms with Crippen molar-refractivity contribution >= 4 is 45.6 Å². The molecule has 0 aliphatic heterocycles. The third-order valence-corrected chi connectivity index (χ3v) is 5.66. The minimum Gasteiger partial charge on any atom is -0.493 e. The van der Waals surface area contributed by atoms with E-state index in [9.17, 15) is 4.79 Å². The van der Waals surface area contributed by atoms with Crippen LogP contribution in [0.1, 0.15) is 23.7 Å². The standard InChI is InChI=1S/C21H20Cl2N2O3S/c1-4-9-25(20(26)13-5-8-18(27-2)19(10-13)28-3)21-24-17(12-29-21)15-7-6-14(22)11-16(15)23/h5-8,10-12H,4,9H2,1-3H3. The number of amides is 1. The van der Waals surface area contributed by atoms with Gasteiger partial charge in [-0.2, -0.15) is 0 Å². The molecule has 0 fully saturated rings. The Morgan fingerprint density at radius 1 is 1.10 bits per heavy atom. The number of carbonyl (C=O) groups is 1. The molecular weight excluding hydrogens is 431 g/mol. The smallest absolute Gasteiger partial charge is 0.260 e. The number of anilines is 1. The molecule has 1 heterocycles. The molecule has 0 saturated carbocycles. The lowest BCUT2D eigenvalue weighted by atomic mass is 10.1. The lowest BCUT2D eigenvalue weighted by molar-refractivity contribution is 0.0986. The van der Waals surface area contributed by atoms with Gasteiger partial charge < -0.3 is 9.47 Å². The van der Waals surface area contributed by atoms with Gasteiger partial charge >= 0.3 is 0 Å². The summed E-state index contributed by atoms with van der Waals surface area (Å²) in [5.74, 6) is 0.915. The number of ether oxygens (including phenoxy) is 2. The van der Waals surface area contributed by atoms with Crippen molar-refractivity contribution in [2.24, 2.45) is 0 Å². The number of rotatable bonds is 7. The van der Waals surface area contributed by atoms with E-state index in [4.69, 9.17) is 32.7 Å².